The highest BCUT2D eigenvalue weighted by Gasteiger charge is 2.24. The molecular weight excluding hydrogens is 304 g/mol. The van der Waals surface area contributed by atoms with Crippen LogP contribution in [-0.4, -0.2) is 17.8 Å². The summed E-state index contributed by atoms with van der Waals surface area (Å²) in [5.41, 5.74) is 7.08. The van der Waals surface area contributed by atoms with Crippen LogP contribution in [0.2, 0.25) is 0 Å². The zero-order chi connectivity index (χ0) is 15.2. The number of anilines is 1. The lowest BCUT2D eigenvalue weighted by Gasteiger charge is -2.21. The summed E-state index contributed by atoms with van der Waals surface area (Å²) in [6.07, 6.45) is 6.32. The number of esters is 1. The highest BCUT2D eigenvalue weighted by atomic mass is 32.2. The van der Waals surface area contributed by atoms with Crippen molar-refractivity contribution in [1.82, 2.24) is 0 Å². The molecule has 1 heterocycles. The Morgan fingerprint density at radius 2 is 2.19 bits per heavy atom. The first-order chi connectivity index (χ1) is 10.2. The first-order valence-corrected chi connectivity index (χ1v) is 9.13. The standard InChI is InChI=1S/C15H20N2O2S2/c1-2-19-15(18)13-12(11(8-16)14(17)21-13)9-20-10-6-4-3-5-7-10/h10H,2-7,9,17H2,1H3. The van der Waals surface area contributed by atoms with Gasteiger partial charge in [0.05, 0.1) is 12.2 Å². The highest BCUT2D eigenvalue weighted by molar-refractivity contribution is 7.99. The first kappa shape index (κ1) is 16.2. The number of thioether (sulfide) groups is 1. The molecule has 1 aromatic rings. The second kappa shape index (κ2) is 7.71. The van der Waals surface area contributed by atoms with Gasteiger partial charge in [-0.15, -0.1) is 11.3 Å². The van der Waals surface area contributed by atoms with E-state index in [1.807, 2.05) is 11.8 Å². The van der Waals surface area contributed by atoms with E-state index in [9.17, 15) is 10.1 Å². The van der Waals surface area contributed by atoms with Gasteiger partial charge in [-0.2, -0.15) is 17.0 Å². The number of nitrogens with zero attached hydrogens (tertiary/aromatic N) is 1. The molecule has 0 amide bonds. The van der Waals surface area contributed by atoms with Crippen LogP contribution in [0.15, 0.2) is 0 Å². The number of nitrogens with two attached hydrogens (primary N) is 1. The van der Waals surface area contributed by atoms with Gasteiger partial charge in [-0.25, -0.2) is 4.79 Å². The zero-order valence-electron chi connectivity index (χ0n) is 12.2. The normalized spacial score (nSPS) is 15.6. The smallest absolute Gasteiger partial charge is 0.348 e. The first-order valence-electron chi connectivity index (χ1n) is 7.27. The van der Waals surface area contributed by atoms with Crippen LogP contribution < -0.4 is 5.73 Å². The van der Waals surface area contributed by atoms with E-state index in [0.717, 1.165) is 5.56 Å². The van der Waals surface area contributed by atoms with Crippen LogP contribution >= 0.6 is 23.1 Å². The largest absolute Gasteiger partial charge is 0.462 e. The molecule has 0 saturated heterocycles. The van der Waals surface area contributed by atoms with Crippen molar-refractivity contribution >= 4 is 34.1 Å². The van der Waals surface area contributed by atoms with Crippen LogP contribution in [0.1, 0.15) is 59.8 Å². The molecule has 1 aliphatic carbocycles. The van der Waals surface area contributed by atoms with Crippen molar-refractivity contribution in [1.29, 1.82) is 5.26 Å². The molecular formula is C15H20N2O2S2. The Hall–Kier alpha value is -1.19. The lowest BCUT2D eigenvalue weighted by atomic mass is 10.0. The van der Waals surface area contributed by atoms with Crippen LogP contribution in [0.5, 0.6) is 0 Å². The minimum atomic E-state index is -0.366. The average molecular weight is 324 g/mol. The average Bonchev–Trinajstić information content (AvgIpc) is 2.82. The molecule has 1 saturated carbocycles. The third kappa shape index (κ3) is 3.92. The number of nitriles is 1. The van der Waals surface area contributed by atoms with Gasteiger partial charge in [0.15, 0.2) is 0 Å². The minimum Gasteiger partial charge on any atom is -0.462 e. The van der Waals surface area contributed by atoms with Crippen LogP contribution in [0.4, 0.5) is 5.00 Å². The Kier molecular flexibility index (Phi) is 5.95. The Morgan fingerprint density at radius 1 is 1.48 bits per heavy atom. The molecule has 0 bridgehead atoms. The molecule has 4 nitrogen and oxygen atoms in total. The quantitative estimate of drug-likeness (QED) is 0.830. The van der Waals surface area contributed by atoms with Crippen LogP contribution in [0.25, 0.3) is 0 Å². The molecule has 6 heteroatoms. The SMILES string of the molecule is CCOC(=O)c1sc(N)c(C#N)c1CSC1CCCCC1. The summed E-state index contributed by atoms with van der Waals surface area (Å²) in [4.78, 5) is 12.5. The highest BCUT2D eigenvalue weighted by Crippen LogP contribution is 2.37. The van der Waals surface area contributed by atoms with E-state index in [0.29, 0.717) is 33.1 Å². The van der Waals surface area contributed by atoms with E-state index in [2.05, 4.69) is 6.07 Å². The van der Waals surface area contributed by atoms with Crippen LogP contribution in [0, 0.1) is 11.3 Å². The monoisotopic (exact) mass is 324 g/mol. The van der Waals surface area contributed by atoms with Gasteiger partial charge in [0.25, 0.3) is 0 Å². The minimum absolute atomic E-state index is 0.327. The van der Waals surface area contributed by atoms with Gasteiger partial charge in [-0.1, -0.05) is 19.3 Å². The van der Waals surface area contributed by atoms with E-state index < -0.39 is 0 Å². The molecule has 0 aliphatic heterocycles. The topological polar surface area (TPSA) is 76.1 Å². The van der Waals surface area contributed by atoms with E-state index in [4.69, 9.17) is 10.5 Å². The number of carbonyl (C=O) groups is 1. The summed E-state index contributed by atoms with van der Waals surface area (Å²) in [5.74, 6) is 0.296. The molecule has 21 heavy (non-hydrogen) atoms. The molecule has 0 radical (unpaired) electrons. The Morgan fingerprint density at radius 3 is 2.81 bits per heavy atom. The molecule has 0 aromatic carbocycles. The molecule has 114 valence electrons. The lowest BCUT2D eigenvalue weighted by molar-refractivity contribution is 0.0531. The third-order valence-electron chi connectivity index (χ3n) is 3.62. The molecule has 0 spiro atoms. The number of hydrogen-bond acceptors (Lipinski definition) is 6. The van der Waals surface area contributed by atoms with Crippen molar-refractivity contribution in [2.45, 2.75) is 50.0 Å². The van der Waals surface area contributed by atoms with Crippen molar-refractivity contribution in [3.8, 4) is 6.07 Å². The Labute approximate surface area is 133 Å². The summed E-state index contributed by atoms with van der Waals surface area (Å²) in [7, 11) is 0. The predicted octanol–water partition coefficient (Wildman–Crippen LogP) is 3.94. The zero-order valence-corrected chi connectivity index (χ0v) is 13.8. The van der Waals surface area contributed by atoms with E-state index in [-0.39, 0.29) is 5.97 Å². The second-order valence-corrected chi connectivity index (χ2v) is 7.39. The van der Waals surface area contributed by atoms with Crippen LogP contribution in [-0.2, 0) is 10.5 Å². The number of ether oxygens (including phenoxy) is 1. The Bertz CT molecular complexity index is 543. The van der Waals surface area contributed by atoms with Crippen molar-refractivity contribution in [3.05, 3.63) is 16.0 Å². The summed E-state index contributed by atoms with van der Waals surface area (Å²) in [6.45, 7) is 2.10. The maximum absolute atomic E-state index is 12.0. The fourth-order valence-electron chi connectivity index (χ4n) is 2.54. The fourth-order valence-corrected chi connectivity index (χ4v) is 4.92. The molecule has 0 atom stereocenters. The summed E-state index contributed by atoms with van der Waals surface area (Å²) in [6, 6.07) is 2.13. The second-order valence-electron chi connectivity index (χ2n) is 5.05. The van der Waals surface area contributed by atoms with E-state index >= 15 is 0 Å². The third-order valence-corrected chi connectivity index (χ3v) is 6.06. The number of rotatable bonds is 5. The van der Waals surface area contributed by atoms with Gasteiger partial charge in [-0.3, -0.25) is 0 Å². The molecule has 1 aromatic heterocycles. The van der Waals surface area contributed by atoms with Crippen molar-refractivity contribution in [3.63, 3.8) is 0 Å². The molecule has 2 rings (SSSR count). The lowest BCUT2D eigenvalue weighted by Crippen LogP contribution is -2.10. The van der Waals surface area contributed by atoms with Gasteiger partial charge in [0.2, 0.25) is 0 Å². The predicted molar refractivity (Wildman–Crippen MR) is 87.6 cm³/mol. The summed E-state index contributed by atoms with van der Waals surface area (Å²) >= 11 is 3.00. The number of nitrogen functional groups attached to an aromatic ring is 1. The van der Waals surface area contributed by atoms with E-state index in [1.165, 1.54) is 43.4 Å². The van der Waals surface area contributed by atoms with Crippen molar-refractivity contribution in [2.24, 2.45) is 0 Å². The van der Waals surface area contributed by atoms with Gasteiger partial charge >= 0.3 is 5.97 Å². The van der Waals surface area contributed by atoms with Gasteiger partial charge in [0, 0.05) is 16.6 Å². The number of carbonyl (C=O) groups excluding carboxylic acids is 1. The summed E-state index contributed by atoms with van der Waals surface area (Å²) in [5, 5.41) is 10.3. The van der Waals surface area contributed by atoms with Gasteiger partial charge in [-0.05, 0) is 19.8 Å². The van der Waals surface area contributed by atoms with Gasteiger partial charge in [0.1, 0.15) is 15.9 Å². The van der Waals surface area contributed by atoms with E-state index in [1.54, 1.807) is 6.92 Å². The Balaban J connectivity index is 2.15. The molecule has 2 N–H and O–H groups in total. The van der Waals surface area contributed by atoms with Gasteiger partial charge < -0.3 is 10.5 Å². The molecule has 1 aliphatic rings. The van der Waals surface area contributed by atoms with Crippen molar-refractivity contribution < 1.29 is 9.53 Å². The van der Waals surface area contributed by atoms with Crippen LogP contribution in [0.3, 0.4) is 0 Å². The molecule has 0 unspecified atom stereocenters. The number of thiophene rings is 1. The fraction of sp³-hybridized carbons (Fsp3) is 0.600. The molecule has 1 fully saturated rings. The maximum atomic E-state index is 12.0. The summed E-state index contributed by atoms with van der Waals surface area (Å²) < 4.78 is 5.07. The maximum Gasteiger partial charge on any atom is 0.348 e. The number of hydrogen-bond donors (Lipinski definition) is 1. The van der Waals surface area contributed by atoms with Crippen molar-refractivity contribution in [2.75, 3.05) is 12.3 Å².